The van der Waals surface area contributed by atoms with E-state index >= 15 is 0 Å². The highest BCUT2D eigenvalue weighted by molar-refractivity contribution is 7.93. The molecule has 0 amide bonds. The highest BCUT2D eigenvalue weighted by Crippen LogP contribution is 2.38. The molecule has 1 heterocycles. The van der Waals surface area contributed by atoms with E-state index in [0.717, 1.165) is 11.1 Å². The minimum Gasteiger partial charge on any atom is -0.459 e. The Kier molecular flexibility index (Phi) is 7.89. The summed E-state index contributed by atoms with van der Waals surface area (Å²) >= 11 is 0. The molecule has 0 bridgehead atoms. The summed E-state index contributed by atoms with van der Waals surface area (Å²) in [5.41, 5.74) is 1.96. The van der Waals surface area contributed by atoms with E-state index in [1.165, 1.54) is 16.5 Å². The van der Waals surface area contributed by atoms with Crippen molar-refractivity contribution in [1.29, 1.82) is 0 Å². The van der Waals surface area contributed by atoms with Crippen LogP contribution >= 0.6 is 0 Å². The van der Waals surface area contributed by atoms with Crippen LogP contribution in [0.5, 0.6) is 0 Å². The molecule has 0 aliphatic carbocycles. The molecule has 2 aromatic rings. The molecule has 1 saturated heterocycles. The number of piperidine rings is 1. The molecular weight excluding hydrogens is 474 g/mol. The van der Waals surface area contributed by atoms with Crippen LogP contribution in [0, 0.1) is 0 Å². The van der Waals surface area contributed by atoms with Crippen LogP contribution in [-0.2, 0) is 25.7 Å². The maximum atomic E-state index is 12.7. The third-order valence-corrected chi connectivity index (χ3v) is 7.96. The van der Waals surface area contributed by atoms with Crippen molar-refractivity contribution in [2.75, 3.05) is 0 Å². The molecule has 0 radical (unpaired) electrons. The van der Waals surface area contributed by atoms with Crippen molar-refractivity contribution < 1.29 is 23.2 Å². The van der Waals surface area contributed by atoms with Crippen LogP contribution in [0.1, 0.15) is 88.4 Å². The number of esters is 1. The van der Waals surface area contributed by atoms with Crippen molar-refractivity contribution in [2.24, 2.45) is 0 Å². The lowest BCUT2D eigenvalue weighted by Crippen LogP contribution is -2.60. The van der Waals surface area contributed by atoms with Crippen molar-refractivity contribution in [3.05, 3.63) is 76.2 Å². The SMILES string of the molecule is CC(C)(C)c1ccc(CS(=O)(=O)/C=C/c2ccc(C(=O)OC3CC(C)(C)N(O)C(C)(C)C3)cc2)cc1. The van der Waals surface area contributed by atoms with Crippen LogP contribution < -0.4 is 0 Å². The molecule has 6 nitrogen and oxygen atoms in total. The number of hydroxylamine groups is 2. The van der Waals surface area contributed by atoms with Crippen LogP contribution in [0.15, 0.2) is 53.9 Å². The molecule has 2 aromatic carbocycles. The van der Waals surface area contributed by atoms with Gasteiger partial charge in [0, 0.05) is 29.3 Å². The topological polar surface area (TPSA) is 83.9 Å². The Morgan fingerprint density at radius 2 is 1.53 bits per heavy atom. The van der Waals surface area contributed by atoms with Gasteiger partial charge in [-0.15, -0.1) is 0 Å². The fraction of sp³-hybridized carbons (Fsp3) is 0.483. The fourth-order valence-corrected chi connectivity index (χ4v) is 5.89. The Bertz CT molecular complexity index is 1190. The number of hydrogen-bond acceptors (Lipinski definition) is 6. The predicted molar refractivity (Wildman–Crippen MR) is 143 cm³/mol. The quantitative estimate of drug-likeness (QED) is 0.467. The standard InChI is InChI=1S/C29H39NO5S/c1-27(2,3)24-14-10-22(11-15-24)20-36(33,34)17-16-21-8-12-23(13-9-21)26(31)35-25-18-28(4,5)30(32)29(6,7)19-25/h8-17,25,32H,18-20H2,1-7H3/b17-16+. The van der Waals surface area contributed by atoms with Gasteiger partial charge >= 0.3 is 5.97 Å². The molecule has 1 aliphatic heterocycles. The molecule has 0 unspecified atom stereocenters. The maximum absolute atomic E-state index is 12.7. The van der Waals surface area contributed by atoms with E-state index in [9.17, 15) is 18.4 Å². The number of benzene rings is 2. The minimum atomic E-state index is -3.45. The van der Waals surface area contributed by atoms with Gasteiger partial charge in [0.2, 0.25) is 0 Å². The molecule has 0 atom stereocenters. The van der Waals surface area contributed by atoms with E-state index in [4.69, 9.17) is 4.74 Å². The van der Waals surface area contributed by atoms with Gasteiger partial charge in [-0.05, 0) is 68.0 Å². The molecule has 1 N–H and O–H groups in total. The summed E-state index contributed by atoms with van der Waals surface area (Å²) in [7, 11) is -3.45. The Hall–Kier alpha value is -2.48. The number of nitrogens with zero attached hydrogens (tertiary/aromatic N) is 1. The molecule has 0 aromatic heterocycles. The van der Waals surface area contributed by atoms with Crippen LogP contribution in [0.3, 0.4) is 0 Å². The van der Waals surface area contributed by atoms with E-state index in [1.807, 2.05) is 52.0 Å². The summed E-state index contributed by atoms with van der Waals surface area (Å²) in [6.45, 7) is 14.0. The number of rotatable bonds is 6. The first kappa shape index (κ1) is 28.1. The van der Waals surface area contributed by atoms with Gasteiger partial charge in [0.1, 0.15) is 6.10 Å². The zero-order chi connectivity index (χ0) is 26.9. The Morgan fingerprint density at radius 1 is 1.00 bits per heavy atom. The van der Waals surface area contributed by atoms with E-state index in [2.05, 4.69) is 20.8 Å². The summed E-state index contributed by atoms with van der Waals surface area (Å²) in [4.78, 5) is 12.7. The second-order valence-electron chi connectivity index (χ2n) is 12.1. The van der Waals surface area contributed by atoms with Crippen LogP contribution in [0.2, 0.25) is 0 Å². The summed E-state index contributed by atoms with van der Waals surface area (Å²) < 4.78 is 31.0. The number of carbonyl (C=O) groups is 1. The van der Waals surface area contributed by atoms with Gasteiger partial charge in [0.05, 0.1) is 11.3 Å². The average molecular weight is 514 g/mol. The first-order valence-corrected chi connectivity index (χ1v) is 14.0. The largest absolute Gasteiger partial charge is 0.459 e. The summed E-state index contributed by atoms with van der Waals surface area (Å²) in [6, 6.07) is 14.3. The monoisotopic (exact) mass is 513 g/mol. The minimum absolute atomic E-state index is 0.0140. The summed E-state index contributed by atoms with van der Waals surface area (Å²) in [5, 5.41) is 13.0. The van der Waals surface area contributed by atoms with Gasteiger partial charge in [0.25, 0.3) is 0 Å². The normalized spacial score (nSPS) is 18.9. The molecule has 0 spiro atoms. The average Bonchev–Trinajstić information content (AvgIpc) is 2.75. The predicted octanol–water partition coefficient (Wildman–Crippen LogP) is 6.14. The lowest BCUT2D eigenvalue weighted by atomic mass is 9.80. The van der Waals surface area contributed by atoms with Crippen molar-refractivity contribution in [1.82, 2.24) is 5.06 Å². The highest BCUT2D eigenvalue weighted by atomic mass is 32.2. The first-order chi connectivity index (χ1) is 16.5. The number of hydrogen-bond donors (Lipinski definition) is 1. The molecule has 7 heteroatoms. The zero-order valence-corrected chi connectivity index (χ0v) is 23.2. The van der Waals surface area contributed by atoms with Gasteiger partial charge in [0.15, 0.2) is 9.84 Å². The smallest absolute Gasteiger partial charge is 0.338 e. The number of carbonyl (C=O) groups excluding carboxylic acids is 1. The number of sulfone groups is 1. The third kappa shape index (κ3) is 7.05. The van der Waals surface area contributed by atoms with E-state index < -0.39 is 26.9 Å². The van der Waals surface area contributed by atoms with Crippen molar-refractivity contribution in [3.8, 4) is 0 Å². The Labute approximate surface area is 215 Å². The lowest BCUT2D eigenvalue weighted by molar-refractivity contribution is -0.256. The van der Waals surface area contributed by atoms with Crippen LogP contribution in [-0.4, -0.2) is 41.8 Å². The van der Waals surface area contributed by atoms with Gasteiger partial charge in [-0.2, -0.15) is 5.06 Å². The molecule has 1 aliphatic rings. The molecule has 0 saturated carbocycles. The molecule has 36 heavy (non-hydrogen) atoms. The molecule has 1 fully saturated rings. The Balaban J connectivity index is 1.62. The summed E-state index contributed by atoms with van der Waals surface area (Å²) in [5.74, 6) is -0.502. The summed E-state index contributed by atoms with van der Waals surface area (Å²) in [6.07, 6.45) is 2.27. The van der Waals surface area contributed by atoms with Gasteiger partial charge in [-0.3, -0.25) is 0 Å². The molecule has 3 rings (SSSR count). The van der Waals surface area contributed by atoms with Crippen molar-refractivity contribution in [3.63, 3.8) is 0 Å². The molecule has 196 valence electrons. The zero-order valence-electron chi connectivity index (χ0n) is 22.4. The van der Waals surface area contributed by atoms with Gasteiger partial charge in [-0.1, -0.05) is 57.2 Å². The third-order valence-electron chi connectivity index (χ3n) is 6.68. The van der Waals surface area contributed by atoms with Gasteiger partial charge < -0.3 is 9.94 Å². The molecular formula is C29H39NO5S. The van der Waals surface area contributed by atoms with Gasteiger partial charge in [-0.25, -0.2) is 13.2 Å². The van der Waals surface area contributed by atoms with E-state index in [-0.39, 0.29) is 17.3 Å². The van der Waals surface area contributed by atoms with Crippen molar-refractivity contribution >= 4 is 21.9 Å². The second kappa shape index (κ2) is 10.1. The second-order valence-corrected chi connectivity index (χ2v) is 13.9. The Morgan fingerprint density at radius 3 is 2.03 bits per heavy atom. The van der Waals surface area contributed by atoms with E-state index in [1.54, 1.807) is 24.3 Å². The highest BCUT2D eigenvalue weighted by Gasteiger charge is 2.46. The number of ether oxygens (including phenoxy) is 1. The van der Waals surface area contributed by atoms with Crippen molar-refractivity contribution in [2.45, 2.75) is 89.7 Å². The van der Waals surface area contributed by atoms with E-state index in [0.29, 0.717) is 24.0 Å². The fourth-order valence-electron chi connectivity index (χ4n) is 4.78. The van der Waals surface area contributed by atoms with Crippen LogP contribution in [0.4, 0.5) is 0 Å². The first-order valence-electron chi connectivity index (χ1n) is 12.3. The maximum Gasteiger partial charge on any atom is 0.338 e. The van der Waals surface area contributed by atoms with Crippen LogP contribution in [0.25, 0.3) is 6.08 Å². The lowest BCUT2D eigenvalue weighted by Gasteiger charge is -2.50.